The molecule has 7 nitrogen and oxygen atoms in total. The van der Waals surface area contributed by atoms with E-state index < -0.39 is 10.0 Å². The molecular weight excluding hydrogens is 368 g/mol. The number of amides is 1. The molecule has 0 saturated carbocycles. The Labute approximate surface area is 161 Å². The number of methoxy groups -OCH3 is 1. The molecule has 1 amide bonds. The van der Waals surface area contributed by atoms with E-state index in [2.05, 4.69) is 5.32 Å². The highest BCUT2D eigenvalue weighted by Gasteiger charge is 2.29. The number of nitrogens with zero attached hydrogens (tertiary/aromatic N) is 1. The van der Waals surface area contributed by atoms with Gasteiger partial charge in [0.25, 0.3) is 0 Å². The van der Waals surface area contributed by atoms with Crippen LogP contribution in [-0.4, -0.2) is 57.6 Å². The molecule has 27 heavy (non-hydrogen) atoms. The van der Waals surface area contributed by atoms with E-state index in [9.17, 15) is 13.2 Å². The monoisotopic (exact) mass is 396 g/mol. The summed E-state index contributed by atoms with van der Waals surface area (Å²) in [5.41, 5.74) is 0.304. The Morgan fingerprint density at radius 2 is 2.00 bits per heavy atom. The number of benzene rings is 1. The third kappa shape index (κ3) is 5.54. The highest BCUT2D eigenvalue weighted by atomic mass is 32.2. The van der Waals surface area contributed by atoms with Crippen molar-refractivity contribution < 1.29 is 22.7 Å². The molecule has 0 aromatic heterocycles. The molecule has 1 aromatic carbocycles. The largest absolute Gasteiger partial charge is 0.495 e. The molecule has 2 rings (SSSR count). The summed E-state index contributed by atoms with van der Waals surface area (Å²) in [6.45, 7) is 7.23. The van der Waals surface area contributed by atoms with Crippen molar-refractivity contribution >= 4 is 22.0 Å². The quantitative estimate of drug-likeness (QED) is 0.713. The van der Waals surface area contributed by atoms with Gasteiger partial charge in [-0.2, -0.15) is 4.31 Å². The van der Waals surface area contributed by atoms with Crippen molar-refractivity contribution in [2.24, 2.45) is 0 Å². The fourth-order valence-corrected chi connectivity index (χ4v) is 4.16. The van der Waals surface area contributed by atoms with E-state index >= 15 is 0 Å². The average molecular weight is 397 g/mol. The van der Waals surface area contributed by atoms with Crippen LogP contribution in [0.15, 0.2) is 29.2 Å². The van der Waals surface area contributed by atoms with E-state index in [0.717, 1.165) is 6.42 Å². The third-order valence-electron chi connectivity index (χ3n) is 4.55. The molecule has 0 radical (unpaired) electrons. The molecule has 1 saturated heterocycles. The number of nitrogens with one attached hydrogen (secondary N) is 1. The van der Waals surface area contributed by atoms with E-state index in [0.29, 0.717) is 31.9 Å². The van der Waals surface area contributed by atoms with Gasteiger partial charge in [-0.25, -0.2) is 8.42 Å². The van der Waals surface area contributed by atoms with Crippen molar-refractivity contribution in [2.75, 3.05) is 33.4 Å². The Hall–Kier alpha value is -1.90. The second-order valence-electron chi connectivity index (χ2n) is 6.99. The van der Waals surface area contributed by atoms with E-state index in [4.69, 9.17) is 9.47 Å². The van der Waals surface area contributed by atoms with Crippen molar-refractivity contribution in [3.8, 4) is 5.75 Å². The lowest BCUT2D eigenvalue weighted by molar-refractivity contribution is -0.118. The summed E-state index contributed by atoms with van der Waals surface area (Å²) < 4.78 is 37.8. The van der Waals surface area contributed by atoms with Crippen molar-refractivity contribution in [1.82, 2.24) is 9.62 Å². The lowest BCUT2D eigenvalue weighted by Gasteiger charge is -2.26. The Kier molecular flexibility index (Phi) is 7.02. The lowest BCUT2D eigenvalue weighted by Crippen LogP contribution is -2.41. The summed E-state index contributed by atoms with van der Waals surface area (Å²) in [6.07, 6.45) is 3.81. The van der Waals surface area contributed by atoms with Crippen LogP contribution in [-0.2, 0) is 19.6 Å². The van der Waals surface area contributed by atoms with Gasteiger partial charge in [-0.15, -0.1) is 0 Å². The molecule has 1 heterocycles. The van der Waals surface area contributed by atoms with Gasteiger partial charge in [0.2, 0.25) is 15.9 Å². The second-order valence-corrected chi connectivity index (χ2v) is 8.89. The average Bonchev–Trinajstić information content (AvgIpc) is 2.66. The summed E-state index contributed by atoms with van der Waals surface area (Å²) in [4.78, 5) is 12.2. The number of carbonyl (C=O) groups is 1. The number of hydrogen-bond acceptors (Lipinski definition) is 5. The molecule has 1 N–H and O–H groups in total. The van der Waals surface area contributed by atoms with Crippen LogP contribution >= 0.6 is 0 Å². The zero-order chi connectivity index (χ0) is 20.1. The molecule has 150 valence electrons. The minimum Gasteiger partial charge on any atom is -0.495 e. The second kappa shape index (κ2) is 8.86. The van der Waals surface area contributed by atoms with Crippen LogP contribution in [0.2, 0.25) is 0 Å². The van der Waals surface area contributed by atoms with Gasteiger partial charge in [0, 0.05) is 24.7 Å². The molecule has 0 unspecified atom stereocenters. The van der Waals surface area contributed by atoms with Crippen LogP contribution in [0.25, 0.3) is 6.08 Å². The number of morpholine rings is 1. The summed E-state index contributed by atoms with van der Waals surface area (Å²) in [7, 11) is -2.27. The van der Waals surface area contributed by atoms with E-state index in [1.165, 1.54) is 23.6 Å². The maximum Gasteiger partial charge on any atom is 0.246 e. The van der Waals surface area contributed by atoms with Crippen molar-refractivity contribution in [3.63, 3.8) is 0 Å². The van der Waals surface area contributed by atoms with Gasteiger partial charge in [-0.1, -0.05) is 13.0 Å². The van der Waals surface area contributed by atoms with Crippen LogP contribution in [0.5, 0.6) is 5.75 Å². The summed E-state index contributed by atoms with van der Waals surface area (Å²) in [5.74, 6) is 0.0467. The number of rotatable bonds is 7. The summed E-state index contributed by atoms with van der Waals surface area (Å²) >= 11 is 0. The SMILES string of the molecule is CCC(C)(C)NC(=O)/C=C/c1ccc(OC)c(S(=O)(=O)N2CCOCC2)c1. The maximum atomic E-state index is 13.0. The summed E-state index contributed by atoms with van der Waals surface area (Å²) in [5, 5.41) is 2.90. The van der Waals surface area contributed by atoms with E-state index in [1.807, 2.05) is 20.8 Å². The number of sulfonamides is 1. The molecule has 1 fully saturated rings. The van der Waals surface area contributed by atoms with Gasteiger partial charge in [-0.3, -0.25) is 4.79 Å². The highest BCUT2D eigenvalue weighted by Crippen LogP contribution is 2.28. The van der Waals surface area contributed by atoms with Gasteiger partial charge in [0.1, 0.15) is 10.6 Å². The molecule has 0 atom stereocenters. The highest BCUT2D eigenvalue weighted by molar-refractivity contribution is 7.89. The van der Waals surface area contributed by atoms with Crippen molar-refractivity contribution in [3.05, 3.63) is 29.8 Å². The van der Waals surface area contributed by atoms with Gasteiger partial charge < -0.3 is 14.8 Å². The molecular formula is C19H28N2O5S. The third-order valence-corrected chi connectivity index (χ3v) is 6.47. The molecule has 1 aliphatic rings. The molecule has 0 spiro atoms. The number of ether oxygens (including phenoxy) is 2. The predicted molar refractivity (Wildman–Crippen MR) is 104 cm³/mol. The van der Waals surface area contributed by atoms with Gasteiger partial charge in [-0.05, 0) is 44.0 Å². The number of hydrogen-bond donors (Lipinski definition) is 1. The smallest absolute Gasteiger partial charge is 0.246 e. The van der Waals surface area contributed by atoms with E-state index in [1.54, 1.807) is 18.2 Å². The Balaban J connectivity index is 2.27. The van der Waals surface area contributed by atoms with Crippen LogP contribution in [0.3, 0.4) is 0 Å². The first-order valence-corrected chi connectivity index (χ1v) is 10.4. The zero-order valence-electron chi connectivity index (χ0n) is 16.3. The summed E-state index contributed by atoms with van der Waals surface area (Å²) in [6, 6.07) is 4.84. The van der Waals surface area contributed by atoms with Crippen LogP contribution in [0.4, 0.5) is 0 Å². The Morgan fingerprint density at radius 1 is 1.33 bits per heavy atom. The minimum atomic E-state index is -3.70. The van der Waals surface area contributed by atoms with Crippen LogP contribution in [0.1, 0.15) is 32.8 Å². The van der Waals surface area contributed by atoms with Crippen LogP contribution in [0, 0.1) is 0 Å². The predicted octanol–water partition coefficient (Wildman–Crippen LogP) is 2.03. The Bertz CT molecular complexity index is 796. The molecule has 1 aromatic rings. The van der Waals surface area contributed by atoms with Gasteiger partial charge in [0.05, 0.1) is 20.3 Å². The molecule has 0 aliphatic carbocycles. The van der Waals surface area contributed by atoms with Crippen LogP contribution < -0.4 is 10.1 Å². The first kappa shape index (κ1) is 21.4. The normalized spacial score (nSPS) is 16.4. The van der Waals surface area contributed by atoms with Crippen molar-refractivity contribution in [1.29, 1.82) is 0 Å². The topological polar surface area (TPSA) is 84.9 Å². The van der Waals surface area contributed by atoms with Crippen molar-refractivity contribution in [2.45, 2.75) is 37.6 Å². The first-order chi connectivity index (χ1) is 12.7. The molecule has 8 heteroatoms. The lowest BCUT2D eigenvalue weighted by atomic mass is 10.0. The fraction of sp³-hybridized carbons (Fsp3) is 0.526. The Morgan fingerprint density at radius 3 is 2.59 bits per heavy atom. The fourth-order valence-electron chi connectivity index (χ4n) is 2.56. The maximum absolute atomic E-state index is 13.0. The first-order valence-electron chi connectivity index (χ1n) is 8.96. The minimum absolute atomic E-state index is 0.0864. The molecule has 1 aliphatic heterocycles. The standard InChI is InChI=1S/C19H28N2O5S/c1-5-19(2,3)20-18(22)9-7-15-6-8-16(25-4)17(14-15)27(23,24)21-10-12-26-13-11-21/h6-9,14H,5,10-13H2,1-4H3,(H,20,22)/b9-7+. The van der Waals surface area contributed by atoms with Gasteiger partial charge in [0.15, 0.2) is 0 Å². The molecule has 0 bridgehead atoms. The van der Waals surface area contributed by atoms with Gasteiger partial charge >= 0.3 is 0 Å². The zero-order valence-corrected chi connectivity index (χ0v) is 17.1. The number of carbonyl (C=O) groups excluding carboxylic acids is 1. The van der Waals surface area contributed by atoms with E-state index in [-0.39, 0.29) is 22.1 Å².